The van der Waals surface area contributed by atoms with E-state index < -0.39 is 21.3 Å². The molecule has 0 aliphatic heterocycles. The first-order chi connectivity index (χ1) is 17.7. The second-order valence-corrected chi connectivity index (χ2v) is 15.7. The number of hydrogen-bond acceptors (Lipinski definition) is 1. The molecule has 0 amide bonds. The van der Waals surface area contributed by atoms with E-state index in [0.717, 1.165) is 18.6 Å². The van der Waals surface area contributed by atoms with Gasteiger partial charge in [0, 0.05) is 0 Å². The van der Waals surface area contributed by atoms with Crippen LogP contribution in [0.3, 0.4) is 0 Å². The summed E-state index contributed by atoms with van der Waals surface area (Å²) in [6.45, 7) is 4.57. The van der Waals surface area contributed by atoms with Crippen LogP contribution in [0.2, 0.25) is 0 Å². The van der Waals surface area contributed by atoms with Gasteiger partial charge in [0.05, 0.1) is 0 Å². The number of fused-ring (bicyclic) bond motifs is 3. The van der Waals surface area contributed by atoms with Crippen molar-refractivity contribution in [3.63, 3.8) is 0 Å². The van der Waals surface area contributed by atoms with Crippen molar-refractivity contribution >= 4 is 6.48 Å². The van der Waals surface area contributed by atoms with Gasteiger partial charge in [-0.15, -0.1) is 0 Å². The third-order valence-corrected chi connectivity index (χ3v) is 15.2. The van der Waals surface area contributed by atoms with Crippen LogP contribution in [0.15, 0.2) is 118 Å². The van der Waals surface area contributed by atoms with Crippen molar-refractivity contribution < 1.29 is 26.0 Å². The topological polar surface area (TPSA) is 9.23 Å². The van der Waals surface area contributed by atoms with Gasteiger partial charge in [0.25, 0.3) is 0 Å². The fraction of sp³-hybridized carbons (Fsp3) is 0.147. The quantitative estimate of drug-likeness (QED) is 0.224. The van der Waals surface area contributed by atoms with Crippen LogP contribution < -0.4 is 8.01 Å². The van der Waals surface area contributed by atoms with Crippen LogP contribution >= 0.6 is 0 Å². The average molecular weight is 546 g/mol. The molecule has 0 bridgehead atoms. The molecule has 0 radical (unpaired) electrons. The summed E-state index contributed by atoms with van der Waals surface area (Å²) in [5.41, 5.74) is 11.3. The van der Waals surface area contributed by atoms with Gasteiger partial charge in [0.1, 0.15) is 0 Å². The minimum atomic E-state index is -2.74. The summed E-state index contributed by atoms with van der Waals surface area (Å²) in [5.74, 6) is 1.06. The summed E-state index contributed by atoms with van der Waals surface area (Å²) in [6, 6.07) is 35.6. The Hall–Kier alpha value is -3.09. The van der Waals surface area contributed by atoms with E-state index in [0.29, 0.717) is 0 Å². The molecular formula is C34H30OZr. The fourth-order valence-corrected chi connectivity index (χ4v) is 14.5. The summed E-state index contributed by atoms with van der Waals surface area (Å²) in [4.78, 5) is 0. The standard InChI is InChI=1S/C14H11O.C13H10.C7H9.Zr/c1-15-12-6-7-14-11(9-12)8-10-4-2-3-5-13(10)14;1-3-7-12(8-4-1)11-13-9-5-2-6-10-13;1-6-4-3-5-7(6)2;/h2-7H,8H2,1H3;1-10H;4H,5H2,1-2H3;. The van der Waals surface area contributed by atoms with Crippen LogP contribution in [0, 0.1) is 0 Å². The number of rotatable bonds is 5. The normalized spacial score (nSPS) is 13.8. The minimum absolute atomic E-state index is 0.984. The Morgan fingerprint density at radius 3 is 1.94 bits per heavy atom. The van der Waals surface area contributed by atoms with Crippen molar-refractivity contribution in [2.75, 3.05) is 7.11 Å². The molecule has 0 spiro atoms. The molecule has 1 nitrogen and oxygen atoms in total. The number of methoxy groups -OCH3 is 1. The van der Waals surface area contributed by atoms with Crippen molar-refractivity contribution in [3.8, 4) is 16.9 Å². The van der Waals surface area contributed by atoms with Crippen LogP contribution in [-0.2, 0) is 27.7 Å². The molecule has 0 fully saturated rings. The van der Waals surface area contributed by atoms with Crippen molar-refractivity contribution in [3.05, 3.63) is 140 Å². The predicted octanol–water partition coefficient (Wildman–Crippen LogP) is 7.40. The molecule has 0 unspecified atom stereocenters. The summed E-state index contributed by atoms with van der Waals surface area (Å²) in [5, 5.41) is 0. The van der Waals surface area contributed by atoms with Crippen LogP contribution in [0.5, 0.6) is 5.75 Å². The van der Waals surface area contributed by atoms with Crippen LogP contribution in [0.4, 0.5) is 0 Å². The molecule has 2 heteroatoms. The Bertz CT molecular complexity index is 1510. The van der Waals surface area contributed by atoms with E-state index >= 15 is 0 Å². The molecule has 0 heterocycles. The van der Waals surface area contributed by atoms with Gasteiger partial charge < -0.3 is 0 Å². The number of hydrogen-bond donors (Lipinski definition) is 0. The fourth-order valence-electron chi connectivity index (χ4n) is 5.77. The maximum atomic E-state index is 6.18. The summed E-state index contributed by atoms with van der Waals surface area (Å²) in [7, 11) is 1.84. The summed E-state index contributed by atoms with van der Waals surface area (Å²) in [6.07, 6.45) is 4.57. The number of allylic oxidation sites excluding steroid dienone is 4. The number of benzene rings is 4. The molecule has 2 aliphatic carbocycles. The van der Waals surface area contributed by atoms with Gasteiger partial charge in [-0.2, -0.15) is 0 Å². The van der Waals surface area contributed by atoms with Gasteiger partial charge in [0.2, 0.25) is 0 Å². The predicted molar refractivity (Wildman–Crippen MR) is 148 cm³/mol. The zero-order valence-corrected chi connectivity index (χ0v) is 23.6. The SMILES string of the molecule is COc1ccc2c([c]1[Zr]([C]1=CC(C)=C(C)C1)=[C](c1ccccc1)c1ccccc1)Cc1ccccc1-2. The van der Waals surface area contributed by atoms with Crippen LogP contribution in [-0.4, -0.2) is 10.3 Å². The molecule has 4 aromatic carbocycles. The van der Waals surface area contributed by atoms with E-state index in [1.165, 1.54) is 51.0 Å². The maximum absolute atomic E-state index is 6.18. The van der Waals surface area contributed by atoms with Crippen LogP contribution in [0.1, 0.15) is 42.5 Å². The van der Waals surface area contributed by atoms with E-state index in [-0.39, 0.29) is 0 Å². The zero-order valence-electron chi connectivity index (χ0n) is 21.1. The molecule has 0 atom stereocenters. The second kappa shape index (κ2) is 9.76. The van der Waals surface area contributed by atoms with Crippen molar-refractivity contribution in [2.24, 2.45) is 0 Å². The molecule has 36 heavy (non-hydrogen) atoms. The first-order valence-electron chi connectivity index (χ1n) is 12.7. The van der Waals surface area contributed by atoms with E-state index in [2.05, 4.69) is 117 Å². The molecular weight excluding hydrogens is 516 g/mol. The van der Waals surface area contributed by atoms with Gasteiger partial charge in [0.15, 0.2) is 0 Å². The van der Waals surface area contributed by atoms with Crippen molar-refractivity contribution in [1.29, 1.82) is 0 Å². The molecule has 2 aliphatic rings. The second-order valence-electron chi connectivity index (χ2n) is 9.79. The first kappa shape index (κ1) is 23.3. The number of ether oxygens (including phenoxy) is 1. The van der Waals surface area contributed by atoms with Gasteiger partial charge in [-0.25, -0.2) is 0 Å². The summed E-state index contributed by atoms with van der Waals surface area (Å²) >= 11 is -2.74. The molecule has 0 saturated heterocycles. The Labute approximate surface area is 221 Å². The van der Waals surface area contributed by atoms with E-state index in [1.807, 2.05) is 7.11 Å². The molecule has 0 N–H and O–H groups in total. The van der Waals surface area contributed by atoms with Crippen molar-refractivity contribution in [1.82, 2.24) is 0 Å². The van der Waals surface area contributed by atoms with Gasteiger partial charge in [-0.05, 0) is 0 Å². The summed E-state index contributed by atoms with van der Waals surface area (Å²) < 4.78 is 10.9. The van der Waals surface area contributed by atoms with Gasteiger partial charge in [-0.3, -0.25) is 0 Å². The Morgan fingerprint density at radius 1 is 0.694 bits per heavy atom. The molecule has 0 saturated carbocycles. The molecule has 4 aromatic rings. The van der Waals surface area contributed by atoms with E-state index in [4.69, 9.17) is 4.74 Å². The average Bonchev–Trinajstić information content (AvgIpc) is 3.47. The first-order valence-corrected chi connectivity index (χ1v) is 16.4. The molecule has 0 aromatic heterocycles. The molecule has 176 valence electrons. The zero-order chi connectivity index (χ0) is 24.6. The van der Waals surface area contributed by atoms with Crippen LogP contribution in [0.25, 0.3) is 11.1 Å². The van der Waals surface area contributed by atoms with E-state index in [9.17, 15) is 0 Å². The van der Waals surface area contributed by atoms with Gasteiger partial charge in [-0.1, -0.05) is 0 Å². The van der Waals surface area contributed by atoms with E-state index in [1.54, 1.807) is 3.28 Å². The van der Waals surface area contributed by atoms with Gasteiger partial charge >= 0.3 is 223 Å². The Morgan fingerprint density at radius 2 is 1.33 bits per heavy atom. The van der Waals surface area contributed by atoms with Crippen molar-refractivity contribution in [2.45, 2.75) is 26.7 Å². The third-order valence-electron chi connectivity index (χ3n) is 7.63. The Kier molecular flexibility index (Phi) is 6.32. The molecule has 6 rings (SSSR count). The Balaban J connectivity index is 1.73. The third kappa shape index (κ3) is 4.02. The monoisotopic (exact) mass is 544 g/mol.